The minimum absolute atomic E-state index is 0.532. The van der Waals surface area contributed by atoms with Crippen LogP contribution in [0.2, 0.25) is 0 Å². The predicted octanol–water partition coefficient (Wildman–Crippen LogP) is 6.69. The van der Waals surface area contributed by atoms with Crippen molar-refractivity contribution in [1.29, 1.82) is 0 Å². The van der Waals surface area contributed by atoms with Gasteiger partial charge in [0.25, 0.3) is 0 Å². The molecule has 0 heterocycles. The molecule has 0 amide bonds. The zero-order valence-corrected chi connectivity index (χ0v) is 15.3. The summed E-state index contributed by atoms with van der Waals surface area (Å²) in [6, 6.07) is 0. The molecule has 0 bridgehead atoms. The lowest BCUT2D eigenvalue weighted by atomic mass is 9.70. The summed E-state index contributed by atoms with van der Waals surface area (Å²) in [5, 5.41) is 0. The summed E-state index contributed by atoms with van der Waals surface area (Å²) in [4.78, 5) is 0. The van der Waals surface area contributed by atoms with Crippen LogP contribution in [-0.4, -0.2) is 12.7 Å². The fraction of sp³-hybridized carbons (Fsp3) is 0.818. The lowest BCUT2D eigenvalue weighted by Crippen LogP contribution is -2.28. The molecule has 2 rings (SSSR count). The van der Waals surface area contributed by atoms with Crippen LogP contribution < -0.4 is 0 Å². The number of rotatable bonds is 9. The van der Waals surface area contributed by atoms with Crippen LogP contribution >= 0.6 is 0 Å². The van der Waals surface area contributed by atoms with Crippen molar-refractivity contribution < 1.29 is 4.74 Å². The van der Waals surface area contributed by atoms with Crippen molar-refractivity contribution in [1.82, 2.24) is 0 Å². The van der Waals surface area contributed by atoms with Crippen LogP contribution in [0.5, 0.6) is 0 Å². The van der Waals surface area contributed by atoms with Crippen molar-refractivity contribution in [2.75, 3.05) is 6.61 Å². The number of unbranched alkanes of at least 4 members (excludes halogenated alkanes) is 2. The molecule has 0 saturated heterocycles. The third kappa shape index (κ3) is 6.83. The van der Waals surface area contributed by atoms with Crippen LogP contribution in [0.15, 0.2) is 24.8 Å². The summed E-state index contributed by atoms with van der Waals surface area (Å²) in [7, 11) is 0. The molecule has 0 aromatic heterocycles. The SMILES string of the molecule is C=CCCOC1CCC(C2CCC(C=CCCCC)CC2)CC1. The van der Waals surface area contributed by atoms with Gasteiger partial charge in [-0.3, -0.25) is 0 Å². The largest absolute Gasteiger partial charge is 0.378 e. The van der Waals surface area contributed by atoms with E-state index in [0.717, 1.165) is 30.8 Å². The second-order valence-corrected chi connectivity index (χ2v) is 7.73. The third-order valence-electron chi connectivity index (χ3n) is 6.01. The molecule has 0 aromatic rings. The molecule has 23 heavy (non-hydrogen) atoms. The van der Waals surface area contributed by atoms with Gasteiger partial charge in [-0.05, 0) is 82.0 Å². The van der Waals surface area contributed by atoms with Gasteiger partial charge in [0.05, 0.1) is 12.7 Å². The first-order valence-electron chi connectivity index (χ1n) is 10.2. The van der Waals surface area contributed by atoms with E-state index in [2.05, 4.69) is 25.7 Å². The van der Waals surface area contributed by atoms with Crippen molar-refractivity contribution in [2.45, 2.75) is 90.1 Å². The van der Waals surface area contributed by atoms with Crippen LogP contribution in [0.1, 0.15) is 84.0 Å². The Balaban J connectivity index is 1.61. The van der Waals surface area contributed by atoms with Gasteiger partial charge in [-0.2, -0.15) is 0 Å². The van der Waals surface area contributed by atoms with Gasteiger partial charge in [0, 0.05) is 0 Å². The minimum atomic E-state index is 0.532. The molecule has 0 atom stereocenters. The van der Waals surface area contributed by atoms with Gasteiger partial charge in [0.2, 0.25) is 0 Å². The molecule has 0 spiro atoms. The molecule has 0 aliphatic heterocycles. The van der Waals surface area contributed by atoms with Crippen LogP contribution in [0.4, 0.5) is 0 Å². The minimum Gasteiger partial charge on any atom is -0.378 e. The van der Waals surface area contributed by atoms with Crippen molar-refractivity contribution in [3.63, 3.8) is 0 Å². The Kier molecular flexibility index (Phi) is 9.04. The predicted molar refractivity (Wildman–Crippen MR) is 101 cm³/mol. The summed E-state index contributed by atoms with van der Waals surface area (Å²) >= 11 is 0. The van der Waals surface area contributed by atoms with E-state index >= 15 is 0 Å². The van der Waals surface area contributed by atoms with Crippen LogP contribution in [-0.2, 0) is 4.74 Å². The molecule has 0 unspecified atom stereocenters. The van der Waals surface area contributed by atoms with E-state index in [1.54, 1.807) is 0 Å². The van der Waals surface area contributed by atoms with Crippen LogP contribution in [0.3, 0.4) is 0 Å². The second kappa shape index (κ2) is 11.1. The summed E-state index contributed by atoms with van der Waals surface area (Å²) in [5.41, 5.74) is 0. The van der Waals surface area contributed by atoms with Crippen molar-refractivity contribution in [3.05, 3.63) is 24.8 Å². The highest BCUT2D eigenvalue weighted by Crippen LogP contribution is 2.40. The van der Waals surface area contributed by atoms with Gasteiger partial charge < -0.3 is 4.74 Å². The van der Waals surface area contributed by atoms with Crippen molar-refractivity contribution >= 4 is 0 Å². The molecular formula is C22H38O. The smallest absolute Gasteiger partial charge is 0.0575 e. The average Bonchev–Trinajstić information content (AvgIpc) is 2.60. The lowest BCUT2D eigenvalue weighted by Gasteiger charge is -2.37. The van der Waals surface area contributed by atoms with Gasteiger partial charge >= 0.3 is 0 Å². The first-order chi connectivity index (χ1) is 11.3. The summed E-state index contributed by atoms with van der Waals surface area (Å²) < 4.78 is 5.96. The van der Waals surface area contributed by atoms with Gasteiger partial charge in [-0.15, -0.1) is 6.58 Å². The first kappa shape index (κ1) is 18.8. The zero-order chi connectivity index (χ0) is 16.3. The number of ether oxygens (including phenoxy) is 1. The standard InChI is InChI=1S/C22H38O/c1-3-5-7-8-9-19-10-12-20(13-11-19)21-14-16-22(17-15-21)23-18-6-4-2/h4,8-9,19-22H,2-3,5-7,10-18H2,1H3. The molecule has 132 valence electrons. The number of allylic oxidation sites excluding steroid dienone is 2. The molecule has 2 saturated carbocycles. The lowest BCUT2D eigenvalue weighted by molar-refractivity contribution is 0.00984. The summed E-state index contributed by atoms with van der Waals surface area (Å²) in [6.45, 7) is 6.91. The van der Waals surface area contributed by atoms with E-state index in [0.29, 0.717) is 6.10 Å². The van der Waals surface area contributed by atoms with E-state index in [1.165, 1.54) is 70.6 Å². The molecule has 0 radical (unpaired) electrons. The van der Waals surface area contributed by atoms with Gasteiger partial charge in [-0.25, -0.2) is 0 Å². The normalized spacial score (nSPS) is 32.2. The van der Waals surface area contributed by atoms with Crippen LogP contribution in [0.25, 0.3) is 0 Å². The topological polar surface area (TPSA) is 9.23 Å². The van der Waals surface area contributed by atoms with E-state index in [1.807, 2.05) is 6.08 Å². The summed E-state index contributed by atoms with van der Waals surface area (Å²) in [5.74, 6) is 2.87. The van der Waals surface area contributed by atoms with E-state index in [9.17, 15) is 0 Å². The molecule has 2 fully saturated rings. The van der Waals surface area contributed by atoms with Gasteiger partial charge in [0.15, 0.2) is 0 Å². The second-order valence-electron chi connectivity index (χ2n) is 7.73. The molecule has 2 aliphatic rings. The Morgan fingerprint density at radius 2 is 1.57 bits per heavy atom. The summed E-state index contributed by atoms with van der Waals surface area (Å²) in [6.07, 6.45) is 23.6. The molecular weight excluding hydrogens is 280 g/mol. The fourth-order valence-electron chi connectivity index (χ4n) is 4.46. The zero-order valence-electron chi connectivity index (χ0n) is 15.3. The molecule has 1 heteroatoms. The van der Waals surface area contributed by atoms with Gasteiger partial charge in [0.1, 0.15) is 0 Å². The monoisotopic (exact) mass is 318 g/mol. The van der Waals surface area contributed by atoms with Gasteiger partial charge in [-0.1, -0.05) is 38.0 Å². The van der Waals surface area contributed by atoms with E-state index in [-0.39, 0.29) is 0 Å². The Labute approximate surface area is 144 Å². The number of hydrogen-bond acceptors (Lipinski definition) is 1. The highest BCUT2D eigenvalue weighted by atomic mass is 16.5. The van der Waals surface area contributed by atoms with Crippen molar-refractivity contribution in [2.24, 2.45) is 17.8 Å². The Morgan fingerprint density at radius 1 is 0.913 bits per heavy atom. The fourth-order valence-corrected chi connectivity index (χ4v) is 4.46. The highest BCUT2D eigenvalue weighted by molar-refractivity contribution is 4.92. The average molecular weight is 319 g/mol. The Morgan fingerprint density at radius 3 is 2.17 bits per heavy atom. The Hall–Kier alpha value is -0.560. The Bertz CT molecular complexity index is 330. The maximum Gasteiger partial charge on any atom is 0.0575 e. The molecule has 1 nitrogen and oxygen atoms in total. The maximum absolute atomic E-state index is 5.96. The highest BCUT2D eigenvalue weighted by Gasteiger charge is 2.30. The molecule has 0 aromatic carbocycles. The molecule has 2 aliphatic carbocycles. The van der Waals surface area contributed by atoms with Crippen LogP contribution in [0, 0.1) is 17.8 Å². The quantitative estimate of drug-likeness (QED) is 0.340. The van der Waals surface area contributed by atoms with Crippen molar-refractivity contribution in [3.8, 4) is 0 Å². The van der Waals surface area contributed by atoms with E-state index < -0.39 is 0 Å². The third-order valence-corrected chi connectivity index (χ3v) is 6.01. The van der Waals surface area contributed by atoms with E-state index in [4.69, 9.17) is 4.74 Å². The molecule has 0 N–H and O–H groups in total. The first-order valence-corrected chi connectivity index (χ1v) is 10.2. The number of hydrogen-bond donors (Lipinski definition) is 0. The maximum atomic E-state index is 5.96.